The minimum atomic E-state index is 0.261. The summed E-state index contributed by atoms with van der Waals surface area (Å²) in [6.07, 6.45) is 1.64. The van der Waals surface area contributed by atoms with Crippen LogP contribution in [0.1, 0.15) is 11.9 Å². The molecule has 3 N–H and O–H groups in total. The largest absolute Gasteiger partial charge is 0.513 e. The van der Waals surface area contributed by atoms with Crippen LogP contribution in [-0.2, 0) is 0 Å². The van der Waals surface area contributed by atoms with E-state index in [4.69, 9.17) is 10.8 Å². The molecule has 0 aliphatic rings. The van der Waals surface area contributed by atoms with Gasteiger partial charge in [-0.2, -0.15) is 0 Å². The normalized spacial score (nSPS) is 12.2. The van der Waals surface area contributed by atoms with Gasteiger partial charge in [0.15, 0.2) is 0 Å². The van der Waals surface area contributed by atoms with E-state index in [-0.39, 0.29) is 5.76 Å². The molecule has 2 rings (SSSR count). The molecule has 0 aliphatic heterocycles. The summed E-state index contributed by atoms with van der Waals surface area (Å²) in [5, 5.41) is 9.89. The van der Waals surface area contributed by atoms with Gasteiger partial charge in [-0.25, -0.2) is 4.98 Å². The van der Waals surface area contributed by atoms with Crippen LogP contribution in [0.25, 0.3) is 16.3 Å². The second-order valence-corrected chi connectivity index (χ2v) is 4.13. The van der Waals surface area contributed by atoms with Gasteiger partial charge in [0.2, 0.25) is 0 Å². The zero-order valence-corrected chi connectivity index (χ0v) is 8.51. The van der Waals surface area contributed by atoms with Crippen LogP contribution in [0.15, 0.2) is 24.0 Å². The fourth-order valence-electron chi connectivity index (χ4n) is 1.20. The molecule has 0 spiro atoms. The van der Waals surface area contributed by atoms with Gasteiger partial charge in [-0.05, 0) is 25.1 Å². The number of benzene rings is 1. The van der Waals surface area contributed by atoms with E-state index in [1.807, 2.05) is 18.2 Å². The number of hydrogen-bond donors (Lipinski definition) is 2. The minimum absolute atomic E-state index is 0.261. The number of hydrogen-bond acceptors (Lipinski definition) is 4. The Hall–Kier alpha value is -1.55. The molecule has 0 saturated heterocycles. The molecule has 14 heavy (non-hydrogen) atoms. The van der Waals surface area contributed by atoms with Gasteiger partial charge in [0.1, 0.15) is 5.01 Å². The number of aliphatic hydroxyl groups is 1. The number of thiazole rings is 1. The summed E-state index contributed by atoms with van der Waals surface area (Å²) < 4.78 is 1.04. The highest BCUT2D eigenvalue weighted by Gasteiger charge is 2.01. The lowest BCUT2D eigenvalue weighted by Gasteiger charge is -1.89. The van der Waals surface area contributed by atoms with Gasteiger partial charge in [0.05, 0.1) is 16.0 Å². The summed E-state index contributed by atoms with van der Waals surface area (Å²) in [7, 11) is 0. The fraction of sp³-hybridized carbons (Fsp3) is 0.100. The number of fused-ring (bicyclic) bond motifs is 1. The van der Waals surface area contributed by atoms with Crippen LogP contribution in [0.4, 0.5) is 5.69 Å². The number of nitrogens with zero attached hydrogens (tertiary/aromatic N) is 1. The summed E-state index contributed by atoms with van der Waals surface area (Å²) in [5.41, 5.74) is 7.30. The van der Waals surface area contributed by atoms with Crippen LogP contribution in [0.3, 0.4) is 0 Å². The lowest BCUT2D eigenvalue weighted by Crippen LogP contribution is -1.81. The molecule has 1 heterocycles. The first-order chi connectivity index (χ1) is 6.65. The molecule has 72 valence electrons. The fourth-order valence-corrected chi connectivity index (χ4v) is 2.21. The predicted octanol–water partition coefficient (Wildman–Crippen LogP) is 2.80. The van der Waals surface area contributed by atoms with Gasteiger partial charge in [-0.15, -0.1) is 11.3 Å². The Bertz CT molecular complexity index is 498. The zero-order valence-electron chi connectivity index (χ0n) is 7.69. The molecule has 2 aromatic rings. The first-order valence-electron chi connectivity index (χ1n) is 4.18. The first kappa shape index (κ1) is 9.02. The quantitative estimate of drug-likeness (QED) is 0.557. The molecule has 0 unspecified atom stereocenters. The van der Waals surface area contributed by atoms with Crippen LogP contribution >= 0.6 is 11.3 Å². The maximum absolute atomic E-state index is 9.09. The van der Waals surface area contributed by atoms with Crippen LogP contribution in [0.5, 0.6) is 0 Å². The Morgan fingerprint density at radius 2 is 2.36 bits per heavy atom. The van der Waals surface area contributed by atoms with E-state index in [2.05, 4.69) is 4.98 Å². The summed E-state index contributed by atoms with van der Waals surface area (Å²) in [6.45, 7) is 1.63. The Labute approximate surface area is 85.5 Å². The van der Waals surface area contributed by atoms with E-state index < -0.39 is 0 Å². The van der Waals surface area contributed by atoms with Crippen molar-refractivity contribution in [2.45, 2.75) is 6.92 Å². The Morgan fingerprint density at radius 3 is 3.07 bits per heavy atom. The molecule has 1 aromatic carbocycles. The average Bonchev–Trinajstić information content (AvgIpc) is 2.44. The van der Waals surface area contributed by atoms with Crippen molar-refractivity contribution < 1.29 is 5.11 Å². The smallest absolute Gasteiger partial charge is 0.120 e. The highest BCUT2D eigenvalue weighted by Crippen LogP contribution is 2.25. The Balaban J connectivity index is 2.57. The van der Waals surface area contributed by atoms with Crippen LogP contribution < -0.4 is 5.73 Å². The molecule has 0 amide bonds. The first-order valence-corrected chi connectivity index (χ1v) is 5.00. The molecule has 3 nitrogen and oxygen atoms in total. The Morgan fingerprint density at radius 1 is 1.57 bits per heavy atom. The topological polar surface area (TPSA) is 59.1 Å². The number of anilines is 1. The second kappa shape index (κ2) is 3.31. The highest BCUT2D eigenvalue weighted by molar-refractivity contribution is 7.19. The summed E-state index contributed by atoms with van der Waals surface area (Å²) in [5.74, 6) is 0.261. The number of nitrogen functional groups attached to an aromatic ring is 1. The molecule has 1 aromatic heterocycles. The second-order valence-electron chi connectivity index (χ2n) is 3.06. The van der Waals surface area contributed by atoms with Crippen molar-refractivity contribution >= 4 is 33.3 Å². The third kappa shape index (κ3) is 1.70. The lowest BCUT2D eigenvalue weighted by atomic mass is 10.3. The number of rotatable bonds is 1. The van der Waals surface area contributed by atoms with Crippen molar-refractivity contribution in [2.24, 2.45) is 0 Å². The highest BCUT2D eigenvalue weighted by atomic mass is 32.1. The van der Waals surface area contributed by atoms with Crippen molar-refractivity contribution in [3.8, 4) is 0 Å². The maximum Gasteiger partial charge on any atom is 0.120 e. The number of nitrogens with two attached hydrogens (primary N) is 1. The third-order valence-corrected chi connectivity index (χ3v) is 2.73. The van der Waals surface area contributed by atoms with Crippen LogP contribution in [0, 0.1) is 0 Å². The van der Waals surface area contributed by atoms with Gasteiger partial charge in [-0.1, -0.05) is 0 Å². The van der Waals surface area contributed by atoms with E-state index in [1.54, 1.807) is 13.0 Å². The van der Waals surface area contributed by atoms with E-state index in [1.165, 1.54) is 11.3 Å². The van der Waals surface area contributed by atoms with Crippen molar-refractivity contribution in [2.75, 3.05) is 5.73 Å². The van der Waals surface area contributed by atoms with Crippen molar-refractivity contribution in [3.63, 3.8) is 0 Å². The standard InChI is InChI=1S/C10H10N2OS/c1-6(13)4-10-12-8-3-2-7(11)5-9(8)14-10/h2-5,13H,11H2,1H3. The summed E-state index contributed by atoms with van der Waals surface area (Å²) in [6, 6.07) is 5.59. The molecular formula is C10H10N2OS. The minimum Gasteiger partial charge on any atom is -0.513 e. The monoisotopic (exact) mass is 206 g/mol. The van der Waals surface area contributed by atoms with Gasteiger partial charge in [0, 0.05) is 11.8 Å². The Kier molecular flexibility index (Phi) is 2.13. The maximum atomic E-state index is 9.09. The number of aromatic nitrogens is 1. The number of aliphatic hydroxyl groups excluding tert-OH is 1. The summed E-state index contributed by atoms with van der Waals surface area (Å²) >= 11 is 1.51. The van der Waals surface area contributed by atoms with E-state index in [9.17, 15) is 0 Å². The average molecular weight is 206 g/mol. The van der Waals surface area contributed by atoms with Gasteiger partial charge < -0.3 is 10.8 Å². The number of allylic oxidation sites excluding steroid dienone is 1. The van der Waals surface area contributed by atoms with Crippen molar-refractivity contribution in [1.29, 1.82) is 0 Å². The van der Waals surface area contributed by atoms with E-state index in [0.29, 0.717) is 0 Å². The molecule has 0 fully saturated rings. The van der Waals surface area contributed by atoms with E-state index >= 15 is 0 Å². The van der Waals surface area contributed by atoms with E-state index in [0.717, 1.165) is 20.9 Å². The molecule has 0 aliphatic carbocycles. The molecule has 0 atom stereocenters. The van der Waals surface area contributed by atoms with Crippen molar-refractivity contribution in [3.05, 3.63) is 29.0 Å². The zero-order chi connectivity index (χ0) is 10.1. The molecule has 0 bridgehead atoms. The molecule has 0 saturated carbocycles. The third-order valence-electron chi connectivity index (χ3n) is 1.76. The van der Waals surface area contributed by atoms with Gasteiger partial charge in [-0.3, -0.25) is 0 Å². The van der Waals surface area contributed by atoms with Gasteiger partial charge >= 0.3 is 0 Å². The molecule has 4 heteroatoms. The van der Waals surface area contributed by atoms with Gasteiger partial charge in [0.25, 0.3) is 0 Å². The van der Waals surface area contributed by atoms with Crippen LogP contribution in [0.2, 0.25) is 0 Å². The predicted molar refractivity (Wildman–Crippen MR) is 60.3 cm³/mol. The van der Waals surface area contributed by atoms with Crippen molar-refractivity contribution in [1.82, 2.24) is 4.98 Å². The molecule has 0 radical (unpaired) electrons. The van der Waals surface area contributed by atoms with Crippen LogP contribution in [-0.4, -0.2) is 10.1 Å². The SMILES string of the molecule is CC(O)=Cc1nc2ccc(N)cc2s1. The molecular weight excluding hydrogens is 196 g/mol. The summed E-state index contributed by atoms with van der Waals surface area (Å²) in [4.78, 5) is 4.32. The lowest BCUT2D eigenvalue weighted by molar-refractivity contribution is 0.420.